The molecule has 0 saturated carbocycles. The monoisotopic (exact) mass is 304 g/mol. The van der Waals surface area contributed by atoms with Gasteiger partial charge >= 0.3 is 0 Å². The summed E-state index contributed by atoms with van der Waals surface area (Å²) in [5.74, 6) is 6.56. The quantitative estimate of drug-likeness (QED) is 0.857. The molecule has 0 saturated heterocycles. The van der Waals surface area contributed by atoms with Crippen molar-refractivity contribution in [1.82, 2.24) is 19.7 Å². The third-order valence-electron chi connectivity index (χ3n) is 3.01. The van der Waals surface area contributed by atoms with E-state index in [0.717, 1.165) is 24.5 Å². The van der Waals surface area contributed by atoms with Crippen LogP contribution in [0.15, 0.2) is 17.8 Å². The van der Waals surface area contributed by atoms with E-state index in [9.17, 15) is 0 Å². The van der Waals surface area contributed by atoms with Gasteiger partial charge in [-0.05, 0) is 27.0 Å². The van der Waals surface area contributed by atoms with E-state index in [4.69, 9.17) is 5.11 Å². The molecule has 0 aliphatic heterocycles. The smallest absolute Gasteiger partial charge is 0.147 e. The molecule has 112 valence electrons. The summed E-state index contributed by atoms with van der Waals surface area (Å²) in [6, 6.07) is 2.43. The zero-order chi connectivity index (χ0) is 15.2. The molecule has 2 aromatic rings. The molecule has 2 aromatic heterocycles. The van der Waals surface area contributed by atoms with Gasteiger partial charge in [0.25, 0.3) is 0 Å². The molecule has 0 aliphatic carbocycles. The Morgan fingerprint density at radius 2 is 2.24 bits per heavy atom. The van der Waals surface area contributed by atoms with Gasteiger partial charge in [0.2, 0.25) is 0 Å². The van der Waals surface area contributed by atoms with E-state index in [1.54, 1.807) is 17.7 Å². The first kappa shape index (κ1) is 15.7. The molecule has 5 nitrogen and oxygen atoms in total. The predicted molar refractivity (Wildman–Crippen MR) is 83.9 cm³/mol. The maximum absolute atomic E-state index is 8.70. The normalized spacial score (nSPS) is 11.0. The SMILES string of the molecule is CC(C)n1cnnc1CN(C)Cc1cc(C#CCO)cs1. The van der Waals surface area contributed by atoms with Gasteiger partial charge in [0.1, 0.15) is 18.8 Å². The molecule has 0 amide bonds. The molecule has 0 fully saturated rings. The molecular weight excluding hydrogens is 284 g/mol. The summed E-state index contributed by atoms with van der Waals surface area (Å²) >= 11 is 1.68. The second kappa shape index (κ2) is 7.36. The van der Waals surface area contributed by atoms with E-state index in [1.807, 2.05) is 5.38 Å². The summed E-state index contributed by atoms with van der Waals surface area (Å²) < 4.78 is 2.09. The summed E-state index contributed by atoms with van der Waals surface area (Å²) in [6.45, 7) is 5.75. The van der Waals surface area contributed by atoms with Crippen LogP contribution in [0.25, 0.3) is 0 Å². The molecule has 0 aliphatic rings. The molecule has 2 rings (SSSR count). The third kappa shape index (κ3) is 4.39. The zero-order valence-electron chi connectivity index (χ0n) is 12.6. The van der Waals surface area contributed by atoms with E-state index in [0.29, 0.717) is 6.04 Å². The Bertz CT molecular complexity index is 635. The number of hydrogen-bond donors (Lipinski definition) is 1. The molecular formula is C15H20N4OS. The number of rotatable bonds is 5. The van der Waals surface area contributed by atoms with Crippen molar-refractivity contribution in [3.8, 4) is 11.8 Å². The second-order valence-electron chi connectivity index (χ2n) is 5.18. The second-order valence-corrected chi connectivity index (χ2v) is 6.18. The zero-order valence-corrected chi connectivity index (χ0v) is 13.4. The van der Waals surface area contributed by atoms with Crippen molar-refractivity contribution in [2.24, 2.45) is 0 Å². The summed E-state index contributed by atoms with van der Waals surface area (Å²) in [4.78, 5) is 3.45. The minimum Gasteiger partial charge on any atom is -0.384 e. The lowest BCUT2D eigenvalue weighted by Crippen LogP contribution is -2.20. The topological polar surface area (TPSA) is 54.2 Å². The Labute approximate surface area is 129 Å². The first-order valence-corrected chi connectivity index (χ1v) is 7.72. The molecule has 0 atom stereocenters. The minimum atomic E-state index is -0.101. The van der Waals surface area contributed by atoms with Crippen molar-refractivity contribution in [1.29, 1.82) is 0 Å². The van der Waals surface area contributed by atoms with E-state index in [-0.39, 0.29) is 6.61 Å². The average molecular weight is 304 g/mol. The van der Waals surface area contributed by atoms with Gasteiger partial charge in [-0.2, -0.15) is 0 Å². The Morgan fingerprint density at radius 1 is 1.43 bits per heavy atom. The van der Waals surface area contributed by atoms with Crippen molar-refractivity contribution < 1.29 is 5.11 Å². The largest absolute Gasteiger partial charge is 0.384 e. The van der Waals surface area contributed by atoms with Crippen LogP contribution in [0, 0.1) is 11.8 Å². The lowest BCUT2D eigenvalue weighted by Gasteiger charge is -2.17. The van der Waals surface area contributed by atoms with Gasteiger partial charge in [0.05, 0.1) is 6.54 Å². The van der Waals surface area contributed by atoms with Gasteiger partial charge in [0.15, 0.2) is 0 Å². The lowest BCUT2D eigenvalue weighted by atomic mass is 10.3. The van der Waals surface area contributed by atoms with Crippen LogP contribution in [0.2, 0.25) is 0 Å². The first-order valence-electron chi connectivity index (χ1n) is 6.84. The molecule has 0 aromatic carbocycles. The minimum absolute atomic E-state index is 0.101. The predicted octanol–water partition coefficient (Wildman–Crippen LogP) is 1.90. The maximum Gasteiger partial charge on any atom is 0.147 e. The molecule has 21 heavy (non-hydrogen) atoms. The van der Waals surface area contributed by atoms with Crippen LogP contribution < -0.4 is 0 Å². The van der Waals surface area contributed by atoms with E-state index >= 15 is 0 Å². The first-order chi connectivity index (χ1) is 10.1. The van der Waals surface area contributed by atoms with Gasteiger partial charge in [-0.25, -0.2) is 0 Å². The highest BCUT2D eigenvalue weighted by Gasteiger charge is 2.11. The number of hydrogen-bond acceptors (Lipinski definition) is 5. The molecule has 2 heterocycles. The van der Waals surface area contributed by atoms with Crippen LogP contribution in [-0.4, -0.2) is 38.4 Å². The highest BCUT2D eigenvalue weighted by molar-refractivity contribution is 7.10. The number of aliphatic hydroxyl groups is 1. The average Bonchev–Trinajstić information content (AvgIpc) is 3.05. The van der Waals surface area contributed by atoms with Gasteiger partial charge < -0.3 is 9.67 Å². The Morgan fingerprint density at radius 3 is 2.95 bits per heavy atom. The fourth-order valence-corrected chi connectivity index (χ4v) is 2.94. The Hall–Kier alpha value is -1.68. The third-order valence-corrected chi connectivity index (χ3v) is 3.93. The highest BCUT2D eigenvalue weighted by atomic mass is 32.1. The number of thiophene rings is 1. The van der Waals surface area contributed by atoms with Crippen LogP contribution in [0.3, 0.4) is 0 Å². The fraction of sp³-hybridized carbons (Fsp3) is 0.467. The van der Waals surface area contributed by atoms with Crippen LogP contribution in [0.5, 0.6) is 0 Å². The molecule has 0 unspecified atom stereocenters. The van der Waals surface area contributed by atoms with Crippen molar-refractivity contribution in [3.05, 3.63) is 34.0 Å². The summed E-state index contributed by atoms with van der Waals surface area (Å²) in [5, 5.41) is 18.9. The van der Waals surface area contributed by atoms with Gasteiger partial charge in [-0.3, -0.25) is 4.90 Å². The molecule has 1 N–H and O–H groups in total. The summed E-state index contributed by atoms with van der Waals surface area (Å²) in [5.41, 5.74) is 0.961. The Kier molecular flexibility index (Phi) is 5.51. The molecule has 0 bridgehead atoms. The summed E-state index contributed by atoms with van der Waals surface area (Å²) in [7, 11) is 2.07. The Balaban J connectivity index is 1.96. The van der Waals surface area contributed by atoms with Crippen LogP contribution in [0.4, 0.5) is 0 Å². The molecule has 0 spiro atoms. The van der Waals surface area contributed by atoms with Gasteiger partial charge in [-0.15, -0.1) is 21.5 Å². The van der Waals surface area contributed by atoms with Crippen molar-refractivity contribution in [2.75, 3.05) is 13.7 Å². The maximum atomic E-state index is 8.70. The lowest BCUT2D eigenvalue weighted by molar-refractivity contribution is 0.304. The standard InChI is InChI=1S/C15H20N4OS/c1-12(2)19-11-16-17-15(19)9-18(3)8-14-7-13(10-21-14)5-4-6-20/h7,10-12,20H,6,8-9H2,1-3H3. The number of nitrogens with zero attached hydrogens (tertiary/aromatic N) is 4. The van der Waals surface area contributed by atoms with E-state index in [1.165, 1.54) is 4.88 Å². The van der Waals surface area contributed by atoms with Crippen molar-refractivity contribution in [2.45, 2.75) is 33.0 Å². The molecule has 0 radical (unpaired) electrons. The van der Waals surface area contributed by atoms with Gasteiger partial charge in [-0.1, -0.05) is 11.8 Å². The fourth-order valence-electron chi connectivity index (χ4n) is 2.05. The van der Waals surface area contributed by atoms with E-state index < -0.39 is 0 Å². The van der Waals surface area contributed by atoms with Crippen molar-refractivity contribution in [3.63, 3.8) is 0 Å². The van der Waals surface area contributed by atoms with Crippen molar-refractivity contribution >= 4 is 11.3 Å². The van der Waals surface area contributed by atoms with E-state index in [2.05, 4.69) is 58.5 Å². The number of aromatic nitrogens is 3. The van der Waals surface area contributed by atoms with Gasteiger partial charge in [0, 0.05) is 28.4 Å². The number of aliphatic hydroxyl groups excluding tert-OH is 1. The highest BCUT2D eigenvalue weighted by Crippen LogP contribution is 2.17. The summed E-state index contributed by atoms with van der Waals surface area (Å²) in [6.07, 6.45) is 1.78. The molecule has 6 heteroatoms. The van der Waals surface area contributed by atoms with Crippen LogP contribution in [0.1, 0.15) is 36.2 Å². The van der Waals surface area contributed by atoms with Crippen LogP contribution in [-0.2, 0) is 13.1 Å². The van der Waals surface area contributed by atoms with Crippen LogP contribution >= 0.6 is 11.3 Å².